The van der Waals surface area contributed by atoms with E-state index >= 15 is 0 Å². The number of amides is 1. The molecule has 6 heteroatoms. The summed E-state index contributed by atoms with van der Waals surface area (Å²) in [4.78, 5) is 24.5. The van der Waals surface area contributed by atoms with Gasteiger partial charge < -0.3 is 20.3 Å². The molecule has 0 aliphatic carbocycles. The van der Waals surface area contributed by atoms with Crippen molar-refractivity contribution in [3.8, 4) is 0 Å². The predicted molar refractivity (Wildman–Crippen MR) is 297 cm³/mol. The van der Waals surface area contributed by atoms with Crippen molar-refractivity contribution >= 4 is 11.9 Å². The summed E-state index contributed by atoms with van der Waals surface area (Å²) in [6, 6.07) is -0.626. The highest BCUT2D eigenvalue weighted by atomic mass is 16.5. The number of aliphatic hydroxyl groups excluding tert-OH is 2. The van der Waals surface area contributed by atoms with Crippen LogP contribution in [0.15, 0.2) is 12.2 Å². The van der Waals surface area contributed by atoms with E-state index < -0.39 is 12.1 Å². The largest absolute Gasteiger partial charge is 0.466 e. The first-order valence-corrected chi connectivity index (χ1v) is 31.0. The number of unbranched alkanes of at least 4 members (excludes halogenated alkanes) is 47. The number of nitrogens with one attached hydrogen (secondary N) is 1. The van der Waals surface area contributed by atoms with Gasteiger partial charge in [-0.3, -0.25) is 9.59 Å². The molecule has 1 amide bonds. The van der Waals surface area contributed by atoms with Crippen LogP contribution in [0.1, 0.15) is 348 Å². The summed E-state index contributed by atoms with van der Waals surface area (Å²) in [5.41, 5.74) is 0. The zero-order chi connectivity index (χ0) is 49.3. The van der Waals surface area contributed by atoms with Crippen LogP contribution in [-0.2, 0) is 14.3 Å². The van der Waals surface area contributed by atoms with Gasteiger partial charge in [-0.15, -0.1) is 0 Å². The Morgan fingerprint density at radius 2 is 0.676 bits per heavy atom. The lowest BCUT2D eigenvalue weighted by Gasteiger charge is -2.20. The van der Waals surface area contributed by atoms with Crippen LogP contribution in [0.3, 0.4) is 0 Å². The molecular formula is C62H121NO5. The van der Waals surface area contributed by atoms with Crippen molar-refractivity contribution in [2.45, 2.75) is 360 Å². The summed E-state index contributed by atoms with van der Waals surface area (Å²) in [5, 5.41) is 23.1. The van der Waals surface area contributed by atoms with Gasteiger partial charge in [-0.1, -0.05) is 315 Å². The predicted octanol–water partition coefficient (Wildman–Crippen LogP) is 19.2. The Bertz CT molecular complexity index is 1020. The van der Waals surface area contributed by atoms with Crippen LogP contribution in [0.25, 0.3) is 0 Å². The molecule has 0 bridgehead atoms. The number of rotatable bonds is 58. The molecule has 0 aromatic carbocycles. The molecule has 0 radical (unpaired) electrons. The molecule has 0 fully saturated rings. The summed E-state index contributed by atoms with van der Waals surface area (Å²) >= 11 is 0. The summed E-state index contributed by atoms with van der Waals surface area (Å²) in [6.45, 7) is 4.92. The number of ether oxygens (including phenoxy) is 1. The average molecular weight is 961 g/mol. The number of carbonyl (C=O) groups is 2. The normalized spacial score (nSPS) is 12.6. The molecule has 0 rings (SSSR count). The van der Waals surface area contributed by atoms with Gasteiger partial charge in [-0.05, 0) is 32.1 Å². The lowest BCUT2D eigenvalue weighted by molar-refractivity contribution is -0.143. The number of esters is 1. The monoisotopic (exact) mass is 960 g/mol. The lowest BCUT2D eigenvalue weighted by atomic mass is 10.0. The molecule has 3 N–H and O–H groups in total. The van der Waals surface area contributed by atoms with Gasteiger partial charge in [-0.2, -0.15) is 0 Å². The maximum Gasteiger partial charge on any atom is 0.305 e. The second-order valence-electron chi connectivity index (χ2n) is 21.4. The highest BCUT2D eigenvalue weighted by molar-refractivity contribution is 5.76. The minimum absolute atomic E-state index is 0.0172. The Hall–Kier alpha value is -1.40. The third kappa shape index (κ3) is 53.9. The standard InChI is InChI=1S/C62H121NO5/c1-3-5-7-9-11-13-15-17-18-25-29-32-36-40-44-48-52-56-62(67)68-57-53-49-45-41-37-33-30-27-24-22-20-19-21-23-26-28-31-35-39-43-47-51-55-61(66)63-59(58-64)60(65)54-50-46-42-38-34-16-14-12-10-8-6-4-2/h50,54,59-60,64-65H,3-49,51-53,55-58H2,1-2H3,(H,63,66)/b54-50+. The third-order valence-corrected chi connectivity index (χ3v) is 14.6. The zero-order valence-corrected chi connectivity index (χ0v) is 46.1. The molecule has 0 aromatic rings. The SMILES string of the molecule is CCCCCCCCCCCC/C=C/C(O)C(CO)NC(=O)CCCCCCCCCCCCCCCCCCCCCCCCOC(=O)CCCCCCCCCCCCCCCCCCC. The van der Waals surface area contributed by atoms with Gasteiger partial charge >= 0.3 is 5.97 Å². The Labute approximate surface area is 425 Å². The van der Waals surface area contributed by atoms with Crippen molar-refractivity contribution in [3.05, 3.63) is 12.2 Å². The van der Waals surface area contributed by atoms with Crippen LogP contribution in [0, 0.1) is 0 Å². The average Bonchev–Trinajstić information content (AvgIpc) is 3.34. The van der Waals surface area contributed by atoms with E-state index in [1.165, 1.54) is 283 Å². The van der Waals surface area contributed by atoms with Crippen LogP contribution in [0.4, 0.5) is 0 Å². The molecule has 6 nitrogen and oxygen atoms in total. The van der Waals surface area contributed by atoms with Gasteiger partial charge in [0.2, 0.25) is 5.91 Å². The first kappa shape index (κ1) is 66.6. The zero-order valence-electron chi connectivity index (χ0n) is 46.1. The first-order valence-electron chi connectivity index (χ1n) is 31.0. The molecule has 0 aromatic heterocycles. The number of hydrogen-bond donors (Lipinski definition) is 3. The van der Waals surface area contributed by atoms with Gasteiger partial charge in [-0.25, -0.2) is 0 Å². The Kier molecular flexibility index (Phi) is 57.0. The van der Waals surface area contributed by atoms with E-state index in [4.69, 9.17) is 4.74 Å². The molecule has 0 heterocycles. The van der Waals surface area contributed by atoms with Crippen LogP contribution < -0.4 is 5.32 Å². The summed E-state index contributed by atoms with van der Waals surface area (Å²) < 4.78 is 5.50. The first-order chi connectivity index (χ1) is 33.5. The highest BCUT2D eigenvalue weighted by Gasteiger charge is 2.18. The lowest BCUT2D eigenvalue weighted by Crippen LogP contribution is -2.45. The minimum Gasteiger partial charge on any atom is -0.466 e. The fourth-order valence-electron chi connectivity index (χ4n) is 9.81. The van der Waals surface area contributed by atoms with Gasteiger partial charge in [0.25, 0.3) is 0 Å². The quantitative estimate of drug-likeness (QED) is 0.0321. The van der Waals surface area contributed by atoms with Crippen molar-refractivity contribution in [2.24, 2.45) is 0 Å². The van der Waals surface area contributed by atoms with E-state index in [9.17, 15) is 19.8 Å². The van der Waals surface area contributed by atoms with Crippen molar-refractivity contribution in [3.63, 3.8) is 0 Å². The fraction of sp³-hybridized carbons (Fsp3) is 0.935. The molecule has 0 saturated heterocycles. The molecule has 68 heavy (non-hydrogen) atoms. The van der Waals surface area contributed by atoms with E-state index in [1.807, 2.05) is 6.08 Å². The smallest absolute Gasteiger partial charge is 0.305 e. The summed E-state index contributed by atoms with van der Waals surface area (Å²) in [7, 11) is 0. The minimum atomic E-state index is -0.842. The maximum atomic E-state index is 12.4. The highest BCUT2D eigenvalue weighted by Crippen LogP contribution is 2.18. The molecule has 0 saturated carbocycles. The van der Waals surface area contributed by atoms with E-state index in [2.05, 4.69) is 19.2 Å². The second kappa shape index (κ2) is 58.2. The number of carbonyl (C=O) groups excluding carboxylic acids is 2. The van der Waals surface area contributed by atoms with Gasteiger partial charge in [0.05, 0.1) is 25.4 Å². The van der Waals surface area contributed by atoms with E-state index in [0.29, 0.717) is 19.4 Å². The van der Waals surface area contributed by atoms with Gasteiger partial charge in [0.15, 0.2) is 0 Å². The van der Waals surface area contributed by atoms with Crippen molar-refractivity contribution < 1.29 is 24.5 Å². The topological polar surface area (TPSA) is 95.9 Å². The van der Waals surface area contributed by atoms with Crippen LogP contribution in [0.2, 0.25) is 0 Å². The van der Waals surface area contributed by atoms with Gasteiger partial charge in [0.1, 0.15) is 0 Å². The molecule has 2 atom stereocenters. The third-order valence-electron chi connectivity index (χ3n) is 14.6. The molecule has 0 spiro atoms. The molecule has 404 valence electrons. The molecule has 2 unspecified atom stereocenters. The Morgan fingerprint density at radius 3 is 1.00 bits per heavy atom. The Balaban J connectivity index is 3.35. The van der Waals surface area contributed by atoms with Crippen molar-refractivity contribution in [1.29, 1.82) is 0 Å². The number of allylic oxidation sites excluding steroid dienone is 1. The van der Waals surface area contributed by atoms with Crippen LogP contribution >= 0.6 is 0 Å². The second-order valence-corrected chi connectivity index (χ2v) is 21.4. The van der Waals surface area contributed by atoms with Crippen molar-refractivity contribution in [2.75, 3.05) is 13.2 Å². The number of hydrogen-bond acceptors (Lipinski definition) is 5. The number of aliphatic hydroxyl groups is 2. The van der Waals surface area contributed by atoms with Crippen LogP contribution in [-0.4, -0.2) is 47.4 Å². The van der Waals surface area contributed by atoms with E-state index in [-0.39, 0.29) is 18.5 Å². The van der Waals surface area contributed by atoms with E-state index in [0.717, 1.165) is 38.5 Å². The van der Waals surface area contributed by atoms with E-state index in [1.54, 1.807) is 6.08 Å². The van der Waals surface area contributed by atoms with Crippen molar-refractivity contribution in [1.82, 2.24) is 5.32 Å². The molecule has 0 aliphatic rings. The summed E-state index contributed by atoms with van der Waals surface area (Å²) in [6.07, 6.45) is 69.7. The molecule has 0 aliphatic heterocycles. The Morgan fingerprint density at radius 1 is 0.397 bits per heavy atom. The maximum absolute atomic E-state index is 12.4. The van der Waals surface area contributed by atoms with Crippen LogP contribution in [0.5, 0.6) is 0 Å². The van der Waals surface area contributed by atoms with Gasteiger partial charge in [0, 0.05) is 12.8 Å². The molecular weight excluding hydrogens is 839 g/mol. The summed E-state index contributed by atoms with van der Waals surface area (Å²) in [5.74, 6) is -0.0501. The fourth-order valence-corrected chi connectivity index (χ4v) is 9.81.